The molecule has 1 amide bonds. The quantitative estimate of drug-likeness (QED) is 0.867. The molecule has 3 atom stereocenters. The first kappa shape index (κ1) is 15.5. The first-order valence-electron chi connectivity index (χ1n) is 8.27. The molecule has 0 spiro atoms. The van der Waals surface area contributed by atoms with Crippen molar-refractivity contribution in [2.45, 2.75) is 51.6 Å². The number of rotatable bonds is 1. The fourth-order valence-corrected chi connectivity index (χ4v) is 3.84. The summed E-state index contributed by atoms with van der Waals surface area (Å²) in [6.07, 6.45) is 2.13. The molecule has 1 fully saturated rings. The first-order chi connectivity index (χ1) is 10.5. The van der Waals surface area contributed by atoms with E-state index in [-0.39, 0.29) is 23.9 Å². The van der Waals surface area contributed by atoms with Gasteiger partial charge in [0.1, 0.15) is 0 Å². The first-order valence-corrected chi connectivity index (χ1v) is 8.27. The van der Waals surface area contributed by atoms with Gasteiger partial charge in [-0.3, -0.25) is 4.79 Å². The molecule has 0 bridgehead atoms. The summed E-state index contributed by atoms with van der Waals surface area (Å²) in [4.78, 5) is 14.0. The van der Waals surface area contributed by atoms with Gasteiger partial charge in [-0.1, -0.05) is 19.1 Å². The van der Waals surface area contributed by atoms with E-state index in [1.165, 1.54) is 5.56 Å². The van der Waals surface area contributed by atoms with Crippen LogP contribution in [0, 0.1) is 5.92 Å². The Balaban J connectivity index is 2.01. The largest absolute Gasteiger partial charge is 0.381 e. The van der Waals surface area contributed by atoms with Gasteiger partial charge in [0.05, 0.1) is 0 Å². The molecule has 4 heteroatoms. The Labute approximate surface area is 132 Å². The van der Waals surface area contributed by atoms with Gasteiger partial charge in [-0.05, 0) is 48.8 Å². The van der Waals surface area contributed by atoms with Gasteiger partial charge >= 0.3 is 0 Å². The smallest absolute Gasteiger partial charge is 0.224 e. The molecule has 0 unspecified atom stereocenters. The molecule has 1 aromatic carbocycles. The monoisotopic (exact) mass is 302 g/mol. The molecule has 2 aliphatic heterocycles. The second kappa shape index (κ2) is 6.01. The standard InChI is InChI=1S/C18H26N2O2/c1-11-12(2)20(13(3)21)17-5-4-15(10-16(17)18(11)19)14-6-8-22-9-7-14/h4-5,10-12,14,18H,6-9,19H2,1-3H3/t11-,12-,18+/m0/s1. The molecule has 2 heterocycles. The number of ether oxygens (including phenoxy) is 1. The lowest BCUT2D eigenvalue weighted by Gasteiger charge is -2.42. The van der Waals surface area contributed by atoms with Crippen molar-refractivity contribution in [1.29, 1.82) is 0 Å². The van der Waals surface area contributed by atoms with E-state index in [0.717, 1.165) is 37.3 Å². The number of carbonyl (C=O) groups is 1. The van der Waals surface area contributed by atoms with Gasteiger partial charge in [0.15, 0.2) is 0 Å². The van der Waals surface area contributed by atoms with Crippen LogP contribution in [-0.4, -0.2) is 25.2 Å². The van der Waals surface area contributed by atoms with Crippen molar-refractivity contribution in [3.8, 4) is 0 Å². The van der Waals surface area contributed by atoms with Crippen LogP contribution >= 0.6 is 0 Å². The second-order valence-electron chi connectivity index (χ2n) is 6.72. The van der Waals surface area contributed by atoms with Crippen molar-refractivity contribution in [1.82, 2.24) is 0 Å². The zero-order chi connectivity index (χ0) is 15.9. The van der Waals surface area contributed by atoms with E-state index >= 15 is 0 Å². The molecule has 2 N–H and O–H groups in total. The zero-order valence-electron chi connectivity index (χ0n) is 13.7. The fraction of sp³-hybridized carbons (Fsp3) is 0.611. The van der Waals surface area contributed by atoms with Crippen LogP contribution in [0.5, 0.6) is 0 Å². The average molecular weight is 302 g/mol. The van der Waals surface area contributed by atoms with Gasteiger partial charge in [0.2, 0.25) is 5.91 Å². The highest BCUT2D eigenvalue weighted by Crippen LogP contribution is 2.41. The third-order valence-electron chi connectivity index (χ3n) is 5.44. The maximum absolute atomic E-state index is 12.1. The molecule has 1 aromatic rings. The van der Waals surface area contributed by atoms with E-state index in [1.54, 1.807) is 6.92 Å². The van der Waals surface area contributed by atoms with E-state index in [4.69, 9.17) is 10.5 Å². The Bertz CT molecular complexity index is 566. The van der Waals surface area contributed by atoms with Gasteiger partial charge in [0, 0.05) is 37.9 Å². The van der Waals surface area contributed by atoms with Crippen LogP contribution in [0.1, 0.15) is 56.7 Å². The number of hydrogen-bond donors (Lipinski definition) is 1. The summed E-state index contributed by atoms with van der Waals surface area (Å²) in [6.45, 7) is 7.52. The summed E-state index contributed by atoms with van der Waals surface area (Å²) in [7, 11) is 0. The van der Waals surface area contributed by atoms with Gasteiger partial charge in [-0.15, -0.1) is 0 Å². The highest BCUT2D eigenvalue weighted by atomic mass is 16.5. The molecule has 0 aliphatic carbocycles. The van der Waals surface area contributed by atoms with Crippen molar-refractivity contribution in [3.05, 3.63) is 29.3 Å². The van der Waals surface area contributed by atoms with Crippen molar-refractivity contribution in [2.75, 3.05) is 18.1 Å². The Morgan fingerprint density at radius 1 is 1.27 bits per heavy atom. The van der Waals surface area contributed by atoms with E-state index < -0.39 is 0 Å². The fourth-order valence-electron chi connectivity index (χ4n) is 3.84. The molecule has 120 valence electrons. The van der Waals surface area contributed by atoms with Crippen molar-refractivity contribution in [3.63, 3.8) is 0 Å². The van der Waals surface area contributed by atoms with Crippen molar-refractivity contribution in [2.24, 2.45) is 11.7 Å². The highest BCUT2D eigenvalue weighted by Gasteiger charge is 2.36. The third kappa shape index (κ3) is 2.55. The van der Waals surface area contributed by atoms with E-state index in [0.29, 0.717) is 5.92 Å². The van der Waals surface area contributed by atoms with Crippen LogP contribution in [0.25, 0.3) is 0 Å². The molecular weight excluding hydrogens is 276 g/mol. The Morgan fingerprint density at radius 3 is 2.59 bits per heavy atom. The van der Waals surface area contributed by atoms with E-state index in [1.807, 2.05) is 4.90 Å². The van der Waals surface area contributed by atoms with Crippen LogP contribution in [-0.2, 0) is 9.53 Å². The van der Waals surface area contributed by atoms with Crippen LogP contribution in [0.3, 0.4) is 0 Å². The molecular formula is C18H26N2O2. The third-order valence-corrected chi connectivity index (χ3v) is 5.44. The minimum atomic E-state index is -0.0135. The molecule has 1 saturated heterocycles. The van der Waals surface area contributed by atoms with Crippen LogP contribution < -0.4 is 10.6 Å². The number of amides is 1. The van der Waals surface area contributed by atoms with E-state index in [9.17, 15) is 4.79 Å². The summed E-state index contributed by atoms with van der Waals surface area (Å²) in [5.41, 5.74) is 9.92. The average Bonchev–Trinajstić information content (AvgIpc) is 2.53. The minimum Gasteiger partial charge on any atom is -0.381 e. The lowest BCUT2D eigenvalue weighted by molar-refractivity contribution is -0.117. The molecule has 22 heavy (non-hydrogen) atoms. The lowest BCUT2D eigenvalue weighted by Crippen LogP contribution is -2.48. The van der Waals surface area contributed by atoms with Crippen molar-refractivity contribution >= 4 is 11.6 Å². The number of hydrogen-bond acceptors (Lipinski definition) is 3. The van der Waals surface area contributed by atoms with Crippen molar-refractivity contribution < 1.29 is 9.53 Å². The number of fused-ring (bicyclic) bond motifs is 1. The highest BCUT2D eigenvalue weighted by molar-refractivity contribution is 5.93. The maximum Gasteiger partial charge on any atom is 0.224 e. The zero-order valence-corrected chi connectivity index (χ0v) is 13.7. The van der Waals surface area contributed by atoms with Crippen LogP contribution in [0.2, 0.25) is 0 Å². The lowest BCUT2D eigenvalue weighted by atomic mass is 9.81. The SMILES string of the molecule is CC(=O)N1c2ccc(C3CCOCC3)cc2[C@H](N)[C@@H](C)[C@@H]1C. The normalized spacial score (nSPS) is 29.3. The van der Waals surface area contributed by atoms with Crippen LogP contribution in [0.4, 0.5) is 5.69 Å². The number of carbonyl (C=O) groups excluding carboxylic acids is 1. The number of anilines is 1. The summed E-state index contributed by atoms with van der Waals surface area (Å²) >= 11 is 0. The minimum absolute atomic E-state index is 0.0135. The molecule has 3 rings (SSSR count). The number of nitrogens with two attached hydrogens (primary N) is 1. The topological polar surface area (TPSA) is 55.6 Å². The number of benzene rings is 1. The van der Waals surface area contributed by atoms with Gasteiger partial charge < -0.3 is 15.4 Å². The maximum atomic E-state index is 12.1. The Hall–Kier alpha value is -1.39. The molecule has 0 aromatic heterocycles. The Morgan fingerprint density at radius 2 is 1.95 bits per heavy atom. The number of nitrogens with zero attached hydrogens (tertiary/aromatic N) is 1. The van der Waals surface area contributed by atoms with Crippen LogP contribution in [0.15, 0.2) is 18.2 Å². The summed E-state index contributed by atoms with van der Waals surface area (Å²) < 4.78 is 5.46. The molecule has 2 aliphatic rings. The predicted molar refractivity (Wildman–Crippen MR) is 88.0 cm³/mol. The van der Waals surface area contributed by atoms with E-state index in [2.05, 4.69) is 32.0 Å². The molecule has 0 saturated carbocycles. The predicted octanol–water partition coefficient (Wildman–Crippen LogP) is 2.97. The second-order valence-corrected chi connectivity index (χ2v) is 6.72. The van der Waals surface area contributed by atoms with Gasteiger partial charge in [-0.25, -0.2) is 0 Å². The summed E-state index contributed by atoms with van der Waals surface area (Å²) in [6, 6.07) is 6.60. The summed E-state index contributed by atoms with van der Waals surface area (Å²) in [5, 5.41) is 0. The van der Waals surface area contributed by atoms with Gasteiger partial charge in [0.25, 0.3) is 0 Å². The van der Waals surface area contributed by atoms with Gasteiger partial charge in [-0.2, -0.15) is 0 Å². The summed E-state index contributed by atoms with van der Waals surface area (Å²) in [5.74, 6) is 0.888. The molecule has 4 nitrogen and oxygen atoms in total. The molecule has 0 radical (unpaired) electrons. The Kier molecular flexibility index (Phi) is 4.24.